The van der Waals surface area contributed by atoms with Crippen molar-refractivity contribution >= 4 is 40.3 Å². The Labute approximate surface area is 153 Å². The molecule has 0 spiro atoms. The van der Waals surface area contributed by atoms with Crippen LogP contribution in [0, 0.1) is 0 Å². The van der Waals surface area contributed by atoms with Crippen LogP contribution in [0.15, 0.2) is 54.6 Å². The lowest BCUT2D eigenvalue weighted by Gasteiger charge is -2.23. The molecular weight excluding hydrogens is 340 g/mol. The van der Waals surface area contributed by atoms with Gasteiger partial charge in [-0.3, -0.25) is 10.4 Å². The minimum Gasteiger partial charge on any atom is -0.497 e. The van der Waals surface area contributed by atoms with Gasteiger partial charge in [0.2, 0.25) is 0 Å². The average molecular weight is 361 g/mol. The lowest BCUT2D eigenvalue weighted by atomic mass is 10.2. The number of thiocarbonyl (C=S) groups is 2. The Morgan fingerprint density at radius 3 is 2.54 bits per heavy atom. The number of nitrogens with zero attached hydrogens (tertiary/aromatic N) is 1. The fraction of sp³-hybridized carbons (Fsp3) is 0.176. The third kappa shape index (κ3) is 5.68. The van der Waals surface area contributed by atoms with E-state index in [1.165, 1.54) is 0 Å². The van der Waals surface area contributed by atoms with Crippen molar-refractivity contribution in [3.05, 3.63) is 60.2 Å². The molecule has 0 unspecified atom stereocenters. The quantitative estimate of drug-likeness (QED) is 0.572. The molecule has 0 atom stereocenters. The lowest BCUT2D eigenvalue weighted by Crippen LogP contribution is -2.49. The molecule has 2 rings (SSSR count). The van der Waals surface area contributed by atoms with Crippen LogP contribution in [0.25, 0.3) is 0 Å². The van der Waals surface area contributed by atoms with Gasteiger partial charge in [-0.25, -0.2) is 0 Å². The Hall–Kier alpha value is -2.38. The number of benzene rings is 2. The van der Waals surface area contributed by atoms with E-state index in [-0.39, 0.29) is 0 Å². The van der Waals surface area contributed by atoms with E-state index >= 15 is 0 Å². The van der Waals surface area contributed by atoms with E-state index < -0.39 is 0 Å². The minimum atomic E-state index is 0.439. The zero-order valence-electron chi connectivity index (χ0n) is 13.6. The summed E-state index contributed by atoms with van der Waals surface area (Å²) in [5.41, 5.74) is 5.01. The van der Waals surface area contributed by atoms with E-state index in [0.29, 0.717) is 16.8 Å². The second-order valence-corrected chi connectivity index (χ2v) is 5.80. The summed E-state index contributed by atoms with van der Waals surface area (Å²) in [6.45, 7) is 0.655. The molecule has 0 fully saturated rings. The van der Waals surface area contributed by atoms with Crippen molar-refractivity contribution in [2.24, 2.45) is 0 Å². The first kappa shape index (κ1) is 18.0. The molecular formula is C17H20N4OS2. The zero-order valence-corrected chi connectivity index (χ0v) is 15.2. The predicted octanol–water partition coefficient (Wildman–Crippen LogP) is 2.90. The summed E-state index contributed by atoms with van der Waals surface area (Å²) in [4.78, 5) is 0. The topological polar surface area (TPSA) is 48.6 Å². The summed E-state index contributed by atoms with van der Waals surface area (Å²) in [6.07, 6.45) is 0. The number of nitrogens with one attached hydrogen (secondary N) is 3. The molecule has 24 heavy (non-hydrogen) atoms. The third-order valence-corrected chi connectivity index (χ3v) is 3.80. The normalized spacial score (nSPS) is 9.75. The molecule has 0 saturated carbocycles. The summed E-state index contributed by atoms with van der Waals surface area (Å²) in [5, 5.41) is 8.91. The van der Waals surface area contributed by atoms with Crippen molar-refractivity contribution in [3.63, 3.8) is 0 Å². The maximum atomic E-state index is 5.34. The number of hydrazine groups is 1. The Bertz CT molecular complexity index is 694. The first-order valence-electron chi connectivity index (χ1n) is 7.35. The highest BCUT2D eigenvalue weighted by Crippen LogP contribution is 2.16. The number of methoxy groups -OCH3 is 1. The van der Waals surface area contributed by atoms with Crippen LogP contribution in [0.2, 0.25) is 0 Å². The molecule has 0 amide bonds. The molecule has 5 nitrogen and oxygen atoms in total. The first-order valence-corrected chi connectivity index (χ1v) is 8.17. The fourth-order valence-electron chi connectivity index (χ4n) is 1.96. The van der Waals surface area contributed by atoms with E-state index in [4.69, 9.17) is 29.2 Å². The van der Waals surface area contributed by atoms with Crippen LogP contribution in [0.4, 0.5) is 5.69 Å². The van der Waals surface area contributed by atoms with Gasteiger partial charge in [0.25, 0.3) is 0 Å². The molecule has 126 valence electrons. The monoisotopic (exact) mass is 360 g/mol. The summed E-state index contributed by atoms with van der Waals surface area (Å²) in [6, 6.07) is 17.6. The average Bonchev–Trinajstić information content (AvgIpc) is 2.60. The highest BCUT2D eigenvalue weighted by Gasteiger charge is 2.06. The van der Waals surface area contributed by atoms with Gasteiger partial charge >= 0.3 is 0 Å². The van der Waals surface area contributed by atoms with Crippen molar-refractivity contribution in [2.45, 2.75) is 6.54 Å². The third-order valence-electron chi connectivity index (χ3n) is 3.19. The van der Waals surface area contributed by atoms with Gasteiger partial charge in [0.1, 0.15) is 5.75 Å². The van der Waals surface area contributed by atoms with Gasteiger partial charge in [0.05, 0.1) is 7.11 Å². The van der Waals surface area contributed by atoms with Gasteiger partial charge in [-0.05, 0) is 42.1 Å². The standard InChI is InChI=1S/C17H20N4OS2/c1-21(17(24)18-12-13-7-4-3-5-8-13)20-16(23)19-14-9-6-10-15(11-14)22-2/h3-11H,12H2,1-2H3,(H,18,24)(H2,19,20,23). The molecule has 0 heterocycles. The second-order valence-electron chi connectivity index (χ2n) is 5.00. The maximum Gasteiger partial charge on any atom is 0.189 e. The van der Waals surface area contributed by atoms with Crippen LogP contribution in [0.5, 0.6) is 5.75 Å². The number of rotatable bonds is 4. The van der Waals surface area contributed by atoms with Crippen LogP contribution < -0.4 is 20.8 Å². The number of anilines is 1. The number of hydrogen-bond acceptors (Lipinski definition) is 3. The minimum absolute atomic E-state index is 0.439. The number of hydrogen-bond donors (Lipinski definition) is 3. The largest absolute Gasteiger partial charge is 0.497 e. The van der Waals surface area contributed by atoms with Crippen molar-refractivity contribution in [3.8, 4) is 5.75 Å². The summed E-state index contributed by atoms with van der Waals surface area (Å²) >= 11 is 10.6. The van der Waals surface area contributed by atoms with Crippen LogP contribution in [0.3, 0.4) is 0 Å². The van der Waals surface area contributed by atoms with Crippen molar-refractivity contribution in [1.29, 1.82) is 0 Å². The molecule has 0 aliphatic rings. The Balaban J connectivity index is 1.80. The van der Waals surface area contributed by atoms with Crippen LogP contribution in [-0.2, 0) is 6.54 Å². The molecule has 0 saturated heterocycles. The van der Waals surface area contributed by atoms with Crippen molar-refractivity contribution in [1.82, 2.24) is 15.8 Å². The Morgan fingerprint density at radius 2 is 1.83 bits per heavy atom. The highest BCUT2D eigenvalue weighted by atomic mass is 32.1. The van der Waals surface area contributed by atoms with Gasteiger partial charge in [-0.2, -0.15) is 0 Å². The molecule has 0 radical (unpaired) electrons. The molecule has 0 aliphatic heterocycles. The first-order chi connectivity index (χ1) is 11.6. The number of ether oxygens (including phenoxy) is 1. The summed E-state index contributed by atoms with van der Waals surface area (Å²) in [5.74, 6) is 0.760. The van der Waals surface area contributed by atoms with Crippen LogP contribution in [0.1, 0.15) is 5.56 Å². The van der Waals surface area contributed by atoms with Crippen LogP contribution >= 0.6 is 24.4 Å². The zero-order chi connectivity index (χ0) is 17.4. The van der Waals surface area contributed by atoms with E-state index in [0.717, 1.165) is 17.0 Å². The predicted molar refractivity (Wildman–Crippen MR) is 106 cm³/mol. The van der Waals surface area contributed by atoms with E-state index in [9.17, 15) is 0 Å². The van der Waals surface area contributed by atoms with Gasteiger partial charge in [0, 0.05) is 25.3 Å². The second kappa shape index (κ2) is 9.05. The fourth-order valence-corrected chi connectivity index (χ4v) is 2.33. The molecule has 7 heteroatoms. The summed E-state index contributed by atoms with van der Waals surface area (Å²) < 4.78 is 5.18. The smallest absolute Gasteiger partial charge is 0.189 e. The van der Waals surface area contributed by atoms with Crippen molar-refractivity contribution in [2.75, 3.05) is 19.5 Å². The van der Waals surface area contributed by atoms with E-state index in [2.05, 4.69) is 16.1 Å². The maximum absolute atomic E-state index is 5.34. The highest BCUT2D eigenvalue weighted by molar-refractivity contribution is 7.80. The van der Waals surface area contributed by atoms with Crippen molar-refractivity contribution < 1.29 is 4.74 Å². The Morgan fingerprint density at radius 1 is 1.08 bits per heavy atom. The summed E-state index contributed by atoms with van der Waals surface area (Å²) in [7, 11) is 3.43. The molecule has 2 aromatic carbocycles. The van der Waals surface area contributed by atoms with Gasteiger partial charge in [0.15, 0.2) is 10.2 Å². The van der Waals surface area contributed by atoms with E-state index in [1.54, 1.807) is 19.2 Å². The molecule has 2 aromatic rings. The van der Waals surface area contributed by atoms with Gasteiger partial charge in [-0.15, -0.1) is 0 Å². The molecule has 0 aliphatic carbocycles. The Kier molecular flexibility index (Phi) is 6.77. The molecule has 0 aromatic heterocycles. The van der Waals surface area contributed by atoms with E-state index in [1.807, 2.05) is 54.6 Å². The lowest BCUT2D eigenvalue weighted by molar-refractivity contribution is 0.415. The van der Waals surface area contributed by atoms with Gasteiger partial charge in [-0.1, -0.05) is 36.4 Å². The molecule has 0 bridgehead atoms. The molecule has 3 N–H and O–H groups in total. The SMILES string of the molecule is COc1cccc(NC(=S)NN(C)C(=S)NCc2ccccc2)c1. The van der Waals surface area contributed by atoms with Crippen LogP contribution in [-0.4, -0.2) is 29.4 Å². The van der Waals surface area contributed by atoms with Gasteiger partial charge < -0.3 is 15.4 Å².